The predicted molar refractivity (Wildman–Crippen MR) is 228 cm³/mol. The molecule has 1 aliphatic heterocycles. The molecular weight excluding hydrogens is 671 g/mol. The van der Waals surface area contributed by atoms with E-state index < -0.39 is 0 Å². The van der Waals surface area contributed by atoms with Crippen molar-refractivity contribution in [1.29, 1.82) is 0 Å². The van der Waals surface area contributed by atoms with Gasteiger partial charge in [0.05, 0.1) is 11.4 Å². The first-order valence-corrected chi connectivity index (χ1v) is 18.6. The molecule has 1 aliphatic rings. The highest BCUT2D eigenvalue weighted by atomic mass is 16.3. The van der Waals surface area contributed by atoms with Gasteiger partial charge in [0.1, 0.15) is 11.2 Å². The highest BCUT2D eigenvalue weighted by molar-refractivity contribution is 6.10. The van der Waals surface area contributed by atoms with Crippen LogP contribution >= 0.6 is 0 Å². The summed E-state index contributed by atoms with van der Waals surface area (Å²) in [6.45, 7) is 4.48. The van der Waals surface area contributed by atoms with E-state index in [2.05, 4.69) is 163 Å². The number of nitrogens with zero attached hydrogens (tertiary/aromatic N) is 3. The van der Waals surface area contributed by atoms with Gasteiger partial charge in [0, 0.05) is 44.5 Å². The number of aromatic nitrogens is 2. The largest absolute Gasteiger partial charge is 0.455 e. The van der Waals surface area contributed by atoms with Gasteiger partial charge in [-0.15, -0.1) is 0 Å². The van der Waals surface area contributed by atoms with E-state index in [4.69, 9.17) is 14.4 Å². The Morgan fingerprint density at radius 2 is 1.20 bits per heavy atom. The third-order valence-corrected chi connectivity index (χ3v) is 10.4. The van der Waals surface area contributed by atoms with E-state index >= 15 is 0 Å². The van der Waals surface area contributed by atoms with E-state index in [1.165, 1.54) is 5.56 Å². The van der Waals surface area contributed by atoms with Crippen LogP contribution in [0.3, 0.4) is 0 Å². The lowest BCUT2D eigenvalue weighted by Crippen LogP contribution is -2.16. The molecule has 2 aromatic heterocycles. The van der Waals surface area contributed by atoms with Crippen molar-refractivity contribution in [3.05, 3.63) is 206 Å². The first kappa shape index (κ1) is 32.4. The van der Waals surface area contributed by atoms with E-state index in [9.17, 15) is 0 Å². The minimum atomic E-state index is 0.663. The number of benzene rings is 7. The van der Waals surface area contributed by atoms with Crippen molar-refractivity contribution in [2.24, 2.45) is 0 Å². The zero-order valence-electron chi connectivity index (χ0n) is 30.1. The molecule has 0 saturated heterocycles. The number of fused-ring (bicyclic) bond motifs is 5. The molecule has 4 nitrogen and oxygen atoms in total. The molecular formula is C51H35N3O. The summed E-state index contributed by atoms with van der Waals surface area (Å²) < 4.78 is 6.49. The van der Waals surface area contributed by atoms with E-state index in [-0.39, 0.29) is 0 Å². The van der Waals surface area contributed by atoms with Gasteiger partial charge in [-0.2, -0.15) is 0 Å². The van der Waals surface area contributed by atoms with Crippen LogP contribution in [0.4, 0.5) is 11.4 Å². The zero-order chi connectivity index (χ0) is 36.7. The summed E-state index contributed by atoms with van der Waals surface area (Å²) >= 11 is 0. The van der Waals surface area contributed by atoms with Gasteiger partial charge in [-0.05, 0) is 76.4 Å². The smallest absolute Gasteiger partial charge is 0.160 e. The number of hydrogen-bond acceptors (Lipinski definition) is 4. The topological polar surface area (TPSA) is 42.2 Å². The van der Waals surface area contributed by atoms with Crippen molar-refractivity contribution in [1.82, 2.24) is 9.97 Å². The molecule has 10 rings (SSSR count). The third kappa shape index (κ3) is 5.81. The van der Waals surface area contributed by atoms with Crippen LogP contribution in [-0.4, -0.2) is 9.97 Å². The molecule has 9 aromatic rings. The number of furan rings is 1. The molecule has 0 saturated carbocycles. The van der Waals surface area contributed by atoms with Crippen LogP contribution in [0.25, 0.3) is 77.7 Å². The SMILES string of the molecule is C=C1/C=C\C=C/Cc2ccccc2N1c1cccc(-c2ccc(-c3cc(-c4cccc5c4oc4ccccc45)nc(-c4ccccc4)n3)c3ccccc23)c1. The van der Waals surface area contributed by atoms with E-state index in [0.717, 1.165) is 95.4 Å². The molecule has 0 aliphatic carbocycles. The molecule has 0 fully saturated rings. The number of rotatable bonds is 5. The molecule has 0 bridgehead atoms. The normalized spacial score (nSPS) is 14.0. The molecule has 260 valence electrons. The molecule has 7 aromatic carbocycles. The van der Waals surface area contributed by atoms with Gasteiger partial charge in [0.15, 0.2) is 5.82 Å². The molecule has 3 heterocycles. The van der Waals surface area contributed by atoms with Gasteiger partial charge in [-0.1, -0.05) is 152 Å². The lowest BCUT2D eigenvalue weighted by molar-refractivity contribution is 0.670. The number of allylic oxidation sites excluding steroid dienone is 4. The maximum Gasteiger partial charge on any atom is 0.160 e. The third-order valence-electron chi connectivity index (χ3n) is 10.4. The summed E-state index contributed by atoms with van der Waals surface area (Å²) in [6.07, 6.45) is 9.28. The molecule has 0 unspecified atom stereocenters. The summed E-state index contributed by atoms with van der Waals surface area (Å²) in [7, 11) is 0. The molecule has 0 amide bonds. The Labute approximate surface area is 319 Å². The van der Waals surface area contributed by atoms with Crippen molar-refractivity contribution in [2.75, 3.05) is 4.90 Å². The van der Waals surface area contributed by atoms with Gasteiger partial charge in [-0.3, -0.25) is 0 Å². The monoisotopic (exact) mass is 705 g/mol. The van der Waals surface area contributed by atoms with Crippen LogP contribution in [0.2, 0.25) is 0 Å². The van der Waals surface area contributed by atoms with Crippen LogP contribution < -0.4 is 4.90 Å². The Bertz CT molecular complexity index is 2990. The molecule has 4 heteroatoms. The summed E-state index contributed by atoms with van der Waals surface area (Å²) in [5, 5.41) is 4.41. The summed E-state index contributed by atoms with van der Waals surface area (Å²) in [6, 6.07) is 57.2. The van der Waals surface area contributed by atoms with Crippen molar-refractivity contribution in [3.63, 3.8) is 0 Å². The van der Waals surface area contributed by atoms with Gasteiger partial charge >= 0.3 is 0 Å². The average Bonchev–Trinajstić information content (AvgIpc) is 3.66. The van der Waals surface area contributed by atoms with Crippen LogP contribution in [0.1, 0.15) is 5.56 Å². The molecule has 55 heavy (non-hydrogen) atoms. The van der Waals surface area contributed by atoms with E-state index in [1.54, 1.807) is 0 Å². The second-order valence-electron chi connectivity index (χ2n) is 13.8. The Morgan fingerprint density at radius 3 is 2.07 bits per heavy atom. The maximum atomic E-state index is 6.49. The number of anilines is 2. The van der Waals surface area contributed by atoms with Crippen molar-refractivity contribution < 1.29 is 4.42 Å². The lowest BCUT2D eigenvalue weighted by Gasteiger charge is -2.28. The Kier molecular flexibility index (Phi) is 8.00. The second kappa shape index (κ2) is 13.6. The summed E-state index contributed by atoms with van der Waals surface area (Å²) in [5.74, 6) is 0.663. The standard InChI is InChI=1S/C51H35N3O/c1-34-16-4-2-5-17-35-18-8-12-28-48(35)54(34)38-22-14-21-37(32-38)39-30-31-42(41-24-10-9-23-40(39)41)46-33-47(53-51(52-46)36-19-6-3-7-20-36)45-27-15-26-44-43-25-11-13-29-49(43)55-50(44)45/h2-16,18-33H,1,17H2/b5-2-,16-4-. The molecule has 0 atom stereocenters. The molecule has 0 spiro atoms. The molecule has 0 N–H and O–H groups in total. The van der Waals surface area contributed by atoms with Crippen molar-refractivity contribution in [2.45, 2.75) is 6.42 Å². The van der Waals surface area contributed by atoms with E-state index in [0.29, 0.717) is 5.82 Å². The van der Waals surface area contributed by atoms with Crippen LogP contribution in [0.15, 0.2) is 205 Å². The first-order valence-electron chi connectivity index (χ1n) is 18.6. The minimum Gasteiger partial charge on any atom is -0.455 e. The zero-order valence-corrected chi connectivity index (χ0v) is 30.1. The van der Waals surface area contributed by atoms with E-state index in [1.807, 2.05) is 36.4 Å². The van der Waals surface area contributed by atoms with Crippen LogP contribution in [0, 0.1) is 0 Å². The fourth-order valence-corrected chi connectivity index (χ4v) is 7.85. The van der Waals surface area contributed by atoms with Gasteiger partial charge in [0.25, 0.3) is 0 Å². The van der Waals surface area contributed by atoms with Crippen LogP contribution in [0.5, 0.6) is 0 Å². The quantitative estimate of drug-likeness (QED) is 0.179. The van der Waals surface area contributed by atoms with Gasteiger partial charge in [-0.25, -0.2) is 9.97 Å². The second-order valence-corrected chi connectivity index (χ2v) is 13.8. The number of hydrogen-bond donors (Lipinski definition) is 0. The van der Waals surface area contributed by atoms with Gasteiger partial charge < -0.3 is 9.32 Å². The summed E-state index contributed by atoms with van der Waals surface area (Å²) in [5.41, 5.74) is 12.9. The number of para-hydroxylation sites is 3. The minimum absolute atomic E-state index is 0.663. The Hall–Kier alpha value is -7.30. The van der Waals surface area contributed by atoms with Crippen molar-refractivity contribution in [3.8, 4) is 45.0 Å². The Morgan fingerprint density at radius 1 is 0.527 bits per heavy atom. The molecule has 0 radical (unpaired) electrons. The predicted octanol–water partition coefficient (Wildman–Crippen LogP) is 13.5. The Balaban J connectivity index is 1.13. The maximum absolute atomic E-state index is 6.49. The fraction of sp³-hybridized carbons (Fsp3) is 0.0196. The van der Waals surface area contributed by atoms with Crippen molar-refractivity contribution >= 4 is 44.1 Å². The lowest BCUT2D eigenvalue weighted by atomic mass is 9.93. The highest BCUT2D eigenvalue weighted by Crippen LogP contribution is 2.41. The summed E-state index contributed by atoms with van der Waals surface area (Å²) in [4.78, 5) is 12.7. The van der Waals surface area contributed by atoms with Gasteiger partial charge in [0.2, 0.25) is 0 Å². The highest BCUT2D eigenvalue weighted by Gasteiger charge is 2.20. The van der Waals surface area contributed by atoms with Crippen LogP contribution in [-0.2, 0) is 6.42 Å². The first-order chi connectivity index (χ1) is 27.2. The fourth-order valence-electron chi connectivity index (χ4n) is 7.85. The average molecular weight is 706 g/mol.